The molecule has 0 fully saturated rings. The molecule has 0 bridgehead atoms. The van der Waals surface area contributed by atoms with E-state index in [4.69, 9.17) is 8.83 Å². The Bertz CT molecular complexity index is 3840. The lowest BCUT2D eigenvalue weighted by Gasteiger charge is -2.32. The largest absolute Gasteiger partial charge is 0.454 e. The van der Waals surface area contributed by atoms with Crippen molar-refractivity contribution in [2.75, 3.05) is 9.80 Å². The number of rotatable bonds is 8. The summed E-state index contributed by atoms with van der Waals surface area (Å²) in [5, 5.41) is 12.0. The Kier molecular flexibility index (Phi) is 10.4. The molecule has 12 aromatic rings. The summed E-state index contributed by atoms with van der Waals surface area (Å²) in [6.45, 7) is 27.4. The third-order valence-corrected chi connectivity index (χ3v) is 15.5. The Morgan fingerprint density at radius 2 is 0.667 bits per heavy atom. The van der Waals surface area contributed by atoms with E-state index < -0.39 is 0 Å². The first-order valence-electron chi connectivity index (χ1n) is 25.9. The Balaban J connectivity index is 1.21. The van der Waals surface area contributed by atoms with Crippen LogP contribution in [0.15, 0.2) is 167 Å². The highest BCUT2D eigenvalue weighted by atomic mass is 16.3. The Morgan fingerprint density at radius 3 is 1.03 bits per heavy atom. The lowest BCUT2D eigenvalue weighted by molar-refractivity contribution is 0.572. The van der Waals surface area contributed by atoms with Gasteiger partial charge in [0.2, 0.25) is 0 Å². The van der Waals surface area contributed by atoms with Gasteiger partial charge < -0.3 is 18.6 Å². The highest BCUT2D eigenvalue weighted by Crippen LogP contribution is 2.54. The fraction of sp³-hybridized carbons (Fsp3) is 0.235. The quantitative estimate of drug-likeness (QED) is 0.142. The van der Waals surface area contributed by atoms with Gasteiger partial charge in [-0.3, -0.25) is 0 Å². The van der Waals surface area contributed by atoms with Crippen LogP contribution in [0.1, 0.15) is 114 Å². The summed E-state index contributed by atoms with van der Waals surface area (Å²) >= 11 is 0. The molecular weight excluding hydrogens is 877 g/mol. The first kappa shape index (κ1) is 45.6. The summed E-state index contributed by atoms with van der Waals surface area (Å²) in [7, 11) is 0. The number of benzene rings is 10. The van der Waals surface area contributed by atoms with Crippen molar-refractivity contribution >= 4 is 110 Å². The highest BCUT2D eigenvalue weighted by molar-refractivity contribution is 6.30. The minimum Gasteiger partial charge on any atom is -0.454 e. The van der Waals surface area contributed by atoms with Crippen molar-refractivity contribution in [3.05, 3.63) is 191 Å². The molecule has 2 heterocycles. The van der Waals surface area contributed by atoms with E-state index in [0.29, 0.717) is 0 Å². The average molecular weight is 941 g/mol. The molecule has 0 atom stereocenters. The molecule has 0 radical (unpaired) electrons. The number of para-hydroxylation sites is 6. The second kappa shape index (κ2) is 16.5. The maximum Gasteiger partial charge on any atom is 0.159 e. The van der Waals surface area contributed by atoms with Gasteiger partial charge in [0, 0.05) is 54.8 Å². The van der Waals surface area contributed by atoms with Gasteiger partial charge in [-0.1, -0.05) is 191 Å². The molecule has 0 aliphatic heterocycles. The zero-order chi connectivity index (χ0) is 50.1. The first-order chi connectivity index (χ1) is 34.5. The van der Waals surface area contributed by atoms with Crippen LogP contribution in [0.5, 0.6) is 0 Å². The van der Waals surface area contributed by atoms with Gasteiger partial charge >= 0.3 is 0 Å². The predicted molar refractivity (Wildman–Crippen MR) is 309 cm³/mol. The SMILES string of the molecule is Cc1ccccc1N(c1cc(C(C)C)c2ccc3c(N(c4ccccc4C)c4cccc5c4oc4c(C(C)(C)C)cccc45)cc(C(C)C)c4ccc1c2c43)c1cccc2c1oc1c(C(C)(C)C)cccc12. The lowest BCUT2D eigenvalue weighted by atomic mass is 9.84. The number of furan rings is 2. The molecule has 0 unspecified atom stereocenters. The minimum atomic E-state index is -0.0989. The molecule has 10 aromatic carbocycles. The van der Waals surface area contributed by atoms with Gasteiger partial charge in [-0.15, -0.1) is 0 Å². The maximum atomic E-state index is 7.20. The Hall–Kier alpha value is -7.56. The summed E-state index contributed by atoms with van der Waals surface area (Å²) < 4.78 is 14.4. The van der Waals surface area contributed by atoms with E-state index in [0.717, 1.165) is 78.0 Å². The molecule has 0 saturated carbocycles. The van der Waals surface area contributed by atoms with E-state index in [2.05, 4.69) is 251 Å². The number of fused-ring (bicyclic) bond motifs is 6. The van der Waals surface area contributed by atoms with E-state index in [1.807, 2.05) is 0 Å². The van der Waals surface area contributed by atoms with Gasteiger partial charge in [0.1, 0.15) is 11.2 Å². The van der Waals surface area contributed by atoms with E-state index >= 15 is 0 Å². The number of hydrogen-bond acceptors (Lipinski definition) is 4. The molecule has 4 nitrogen and oxygen atoms in total. The normalized spacial score (nSPS) is 12.7. The molecule has 0 N–H and O–H groups in total. The van der Waals surface area contributed by atoms with Crippen molar-refractivity contribution in [1.29, 1.82) is 0 Å². The molecule has 4 heteroatoms. The van der Waals surface area contributed by atoms with Crippen LogP contribution in [0.25, 0.3) is 76.2 Å². The number of nitrogens with zero attached hydrogens (tertiary/aromatic N) is 2. The third kappa shape index (κ3) is 6.93. The van der Waals surface area contributed by atoms with Gasteiger partial charge in [0.15, 0.2) is 11.2 Å². The minimum absolute atomic E-state index is 0.0989. The van der Waals surface area contributed by atoms with Crippen molar-refractivity contribution in [2.45, 2.75) is 106 Å². The topological polar surface area (TPSA) is 32.8 Å². The van der Waals surface area contributed by atoms with E-state index in [1.54, 1.807) is 0 Å². The number of hydrogen-bond donors (Lipinski definition) is 0. The monoisotopic (exact) mass is 940 g/mol. The molecule has 358 valence electrons. The van der Waals surface area contributed by atoms with Gasteiger partial charge in [-0.25, -0.2) is 0 Å². The van der Waals surface area contributed by atoms with Crippen LogP contribution in [0.4, 0.5) is 34.1 Å². The van der Waals surface area contributed by atoms with Crippen molar-refractivity contribution in [3.63, 3.8) is 0 Å². The zero-order valence-corrected chi connectivity index (χ0v) is 43.9. The summed E-state index contributed by atoms with van der Waals surface area (Å²) in [5.41, 5.74) is 17.4. The summed E-state index contributed by atoms with van der Waals surface area (Å²) in [6.07, 6.45) is 0. The molecule has 72 heavy (non-hydrogen) atoms. The van der Waals surface area contributed by atoms with Crippen LogP contribution in [0.2, 0.25) is 0 Å². The highest BCUT2D eigenvalue weighted by Gasteiger charge is 2.31. The number of aryl methyl sites for hydroxylation is 2. The van der Waals surface area contributed by atoms with Crippen LogP contribution >= 0.6 is 0 Å². The zero-order valence-electron chi connectivity index (χ0n) is 43.9. The fourth-order valence-electron chi connectivity index (χ4n) is 11.9. The van der Waals surface area contributed by atoms with Crippen LogP contribution in [0.3, 0.4) is 0 Å². The number of anilines is 6. The van der Waals surface area contributed by atoms with Crippen LogP contribution in [-0.4, -0.2) is 0 Å². The van der Waals surface area contributed by atoms with Crippen molar-refractivity contribution in [2.24, 2.45) is 0 Å². The standard InChI is InChI=1S/C68H64N2O2/c1-39(2)51-37-59(69(55-29-15-13-21-41(55)5)57-31-19-25-47-45-23-17-27-53(67(7,8)9)63(45)71-65(47)57)49-36-34-44-52(40(3)4)38-60(50-35-33-43(51)61(49)62(44)50)70(56-30-16-14-22-42(56)6)58-32-20-26-48-46-24-18-28-54(68(10,11)12)64(46)72-66(48)58/h13-40H,1-12H3. The fourth-order valence-corrected chi connectivity index (χ4v) is 11.9. The van der Waals surface area contributed by atoms with Crippen molar-refractivity contribution < 1.29 is 8.83 Å². The van der Waals surface area contributed by atoms with Crippen LogP contribution < -0.4 is 9.80 Å². The molecule has 0 aliphatic rings. The van der Waals surface area contributed by atoms with E-state index in [-0.39, 0.29) is 22.7 Å². The molecule has 0 saturated heterocycles. The van der Waals surface area contributed by atoms with Gasteiger partial charge in [-0.2, -0.15) is 0 Å². The van der Waals surface area contributed by atoms with E-state index in [9.17, 15) is 0 Å². The van der Waals surface area contributed by atoms with E-state index in [1.165, 1.54) is 65.7 Å². The van der Waals surface area contributed by atoms with Gasteiger partial charge in [0.05, 0.1) is 22.7 Å². The molecule has 0 amide bonds. The third-order valence-electron chi connectivity index (χ3n) is 15.5. The summed E-state index contributed by atoms with van der Waals surface area (Å²) in [6, 6.07) is 58.7. The molecule has 12 rings (SSSR count). The molecular formula is C68H64N2O2. The Morgan fingerprint density at radius 1 is 0.333 bits per heavy atom. The molecule has 2 aromatic heterocycles. The lowest BCUT2D eigenvalue weighted by Crippen LogP contribution is -2.14. The maximum absolute atomic E-state index is 7.20. The van der Waals surface area contributed by atoms with Crippen molar-refractivity contribution in [1.82, 2.24) is 0 Å². The van der Waals surface area contributed by atoms with Crippen LogP contribution in [0, 0.1) is 13.8 Å². The Labute approximate surface area is 423 Å². The summed E-state index contributed by atoms with van der Waals surface area (Å²) in [4.78, 5) is 4.99. The predicted octanol–water partition coefficient (Wildman–Crippen LogP) is 20.8. The first-order valence-corrected chi connectivity index (χ1v) is 25.9. The molecule has 0 spiro atoms. The summed E-state index contributed by atoms with van der Waals surface area (Å²) in [5.74, 6) is 0.471. The van der Waals surface area contributed by atoms with Gasteiger partial charge in [-0.05, 0) is 117 Å². The molecule has 0 aliphatic carbocycles. The van der Waals surface area contributed by atoms with Crippen LogP contribution in [-0.2, 0) is 10.8 Å². The average Bonchev–Trinajstić information content (AvgIpc) is 3.94. The van der Waals surface area contributed by atoms with Gasteiger partial charge in [0.25, 0.3) is 0 Å². The second-order valence-corrected chi connectivity index (χ2v) is 23.0. The van der Waals surface area contributed by atoms with Crippen molar-refractivity contribution in [3.8, 4) is 0 Å². The smallest absolute Gasteiger partial charge is 0.159 e. The second-order valence-electron chi connectivity index (χ2n) is 23.0.